The third-order valence-electron chi connectivity index (χ3n) is 1.89. The summed E-state index contributed by atoms with van der Waals surface area (Å²) in [5.74, 6) is -0.497. The normalized spacial score (nSPS) is 15.9. The first-order chi connectivity index (χ1) is 6.68. The Labute approximate surface area is 84.6 Å². The number of urea groups is 1. The minimum atomic E-state index is -0.497. The fourth-order valence-corrected chi connectivity index (χ4v) is 1.37. The summed E-state index contributed by atoms with van der Waals surface area (Å²) in [6, 6.07) is 3.84. The summed E-state index contributed by atoms with van der Waals surface area (Å²) in [7, 11) is 0. The number of hydrogen-bond donors (Lipinski definition) is 2. The predicted octanol–water partition coefficient (Wildman–Crippen LogP) is 1.47. The number of nitrogens with one attached hydrogen (secondary N) is 2. The lowest BCUT2D eigenvalue weighted by Gasteiger charge is -2.13. The molecule has 14 heavy (non-hydrogen) atoms. The molecule has 1 saturated heterocycles. The number of halogens is 2. The van der Waals surface area contributed by atoms with Gasteiger partial charge in [0.1, 0.15) is 5.82 Å². The molecule has 0 aliphatic carbocycles. The molecule has 1 aromatic carbocycles. The van der Waals surface area contributed by atoms with Crippen LogP contribution < -0.4 is 15.8 Å². The molecule has 0 atom stereocenters. The van der Waals surface area contributed by atoms with Crippen molar-refractivity contribution in [2.24, 2.45) is 0 Å². The average Bonchev–Trinajstić information content (AvgIpc) is 2.57. The fraction of sp³-hybridized carbons (Fsp3) is 0.125. The van der Waals surface area contributed by atoms with Gasteiger partial charge < -0.3 is 0 Å². The zero-order valence-electron chi connectivity index (χ0n) is 7.05. The van der Waals surface area contributed by atoms with Crippen molar-refractivity contribution < 1.29 is 9.18 Å². The molecule has 4 nitrogen and oxygen atoms in total. The van der Waals surface area contributed by atoms with Gasteiger partial charge in [-0.25, -0.2) is 14.6 Å². The number of amides is 2. The van der Waals surface area contributed by atoms with Gasteiger partial charge >= 0.3 is 6.03 Å². The molecule has 1 aliphatic rings. The lowest BCUT2D eigenvalue weighted by atomic mass is 10.3. The standard InChI is InChI=1S/C8H7ClFN3O/c9-6-3-5(1-2-7(6)10)13-4-11-12-8(13)14/h1-3,11H,4H2,(H,12,14). The van der Waals surface area contributed by atoms with Crippen LogP contribution in [0.25, 0.3) is 0 Å². The number of hydrogen-bond acceptors (Lipinski definition) is 2. The van der Waals surface area contributed by atoms with Crippen LogP contribution >= 0.6 is 11.6 Å². The molecule has 1 heterocycles. The number of hydrazine groups is 1. The van der Waals surface area contributed by atoms with E-state index in [1.54, 1.807) is 0 Å². The second-order valence-corrected chi connectivity index (χ2v) is 3.20. The van der Waals surface area contributed by atoms with Crippen LogP contribution in [0.5, 0.6) is 0 Å². The minimum absolute atomic E-state index is 0.00204. The van der Waals surface area contributed by atoms with Crippen LogP contribution in [0.4, 0.5) is 14.9 Å². The third kappa shape index (κ3) is 1.51. The van der Waals surface area contributed by atoms with Crippen LogP contribution in [0.2, 0.25) is 5.02 Å². The highest BCUT2D eigenvalue weighted by Crippen LogP contribution is 2.22. The molecule has 2 rings (SSSR count). The fourth-order valence-electron chi connectivity index (χ4n) is 1.19. The Hall–Kier alpha value is -1.33. The van der Waals surface area contributed by atoms with E-state index in [-0.39, 0.29) is 11.1 Å². The summed E-state index contributed by atoms with van der Waals surface area (Å²) in [5.41, 5.74) is 5.60. The SMILES string of the molecule is O=C1NNCN1c1ccc(F)c(Cl)c1. The average molecular weight is 216 g/mol. The maximum Gasteiger partial charge on any atom is 0.337 e. The first-order valence-electron chi connectivity index (χ1n) is 3.94. The van der Waals surface area contributed by atoms with Crippen molar-refractivity contribution in [3.63, 3.8) is 0 Å². The predicted molar refractivity (Wildman–Crippen MR) is 50.4 cm³/mol. The second kappa shape index (κ2) is 3.43. The monoisotopic (exact) mass is 215 g/mol. The molecule has 0 aromatic heterocycles. The van der Waals surface area contributed by atoms with E-state index in [1.807, 2.05) is 0 Å². The van der Waals surface area contributed by atoms with E-state index in [4.69, 9.17) is 11.6 Å². The first-order valence-corrected chi connectivity index (χ1v) is 4.32. The molecule has 0 bridgehead atoms. The Morgan fingerprint density at radius 2 is 2.29 bits per heavy atom. The maximum absolute atomic E-state index is 12.8. The number of carbonyl (C=O) groups is 1. The van der Waals surface area contributed by atoms with E-state index in [0.717, 1.165) is 0 Å². The van der Waals surface area contributed by atoms with Crippen LogP contribution in [0, 0.1) is 5.82 Å². The van der Waals surface area contributed by atoms with Crippen LogP contribution in [0.15, 0.2) is 18.2 Å². The van der Waals surface area contributed by atoms with E-state index in [0.29, 0.717) is 12.4 Å². The van der Waals surface area contributed by atoms with E-state index in [2.05, 4.69) is 10.9 Å². The van der Waals surface area contributed by atoms with E-state index in [1.165, 1.54) is 23.1 Å². The highest BCUT2D eigenvalue weighted by atomic mass is 35.5. The van der Waals surface area contributed by atoms with Gasteiger partial charge in [-0.05, 0) is 18.2 Å². The van der Waals surface area contributed by atoms with Crippen molar-refractivity contribution in [2.45, 2.75) is 0 Å². The molecule has 6 heteroatoms. The molecule has 2 N–H and O–H groups in total. The van der Waals surface area contributed by atoms with Gasteiger partial charge in [-0.3, -0.25) is 10.3 Å². The summed E-state index contributed by atoms with van der Waals surface area (Å²) in [6.45, 7) is 0.334. The van der Waals surface area contributed by atoms with Gasteiger partial charge in [0.05, 0.1) is 11.7 Å². The first kappa shape index (κ1) is 9.23. The number of rotatable bonds is 1. The van der Waals surface area contributed by atoms with Crippen LogP contribution in [0.1, 0.15) is 0 Å². The minimum Gasteiger partial charge on any atom is -0.278 e. The summed E-state index contributed by atoms with van der Waals surface area (Å²) < 4.78 is 12.8. The van der Waals surface area contributed by atoms with Crippen molar-refractivity contribution >= 4 is 23.3 Å². The maximum atomic E-state index is 12.8. The van der Waals surface area contributed by atoms with Crippen LogP contribution in [0.3, 0.4) is 0 Å². The van der Waals surface area contributed by atoms with Gasteiger partial charge in [-0.2, -0.15) is 0 Å². The molecular formula is C8H7ClFN3O. The van der Waals surface area contributed by atoms with Gasteiger partial charge in [0, 0.05) is 5.69 Å². The third-order valence-corrected chi connectivity index (χ3v) is 2.18. The summed E-state index contributed by atoms with van der Waals surface area (Å²) in [6.07, 6.45) is 0. The van der Waals surface area contributed by atoms with Crippen molar-refractivity contribution in [3.05, 3.63) is 29.0 Å². The van der Waals surface area contributed by atoms with Gasteiger partial charge in [0.25, 0.3) is 0 Å². The topological polar surface area (TPSA) is 44.4 Å². The molecule has 1 aliphatic heterocycles. The molecule has 0 saturated carbocycles. The van der Waals surface area contributed by atoms with Crippen molar-refractivity contribution in [1.82, 2.24) is 10.9 Å². The largest absolute Gasteiger partial charge is 0.337 e. The van der Waals surface area contributed by atoms with Crippen LogP contribution in [-0.2, 0) is 0 Å². The number of carbonyl (C=O) groups excluding carboxylic acids is 1. The molecular weight excluding hydrogens is 209 g/mol. The molecule has 1 fully saturated rings. The smallest absolute Gasteiger partial charge is 0.278 e. The highest BCUT2D eigenvalue weighted by molar-refractivity contribution is 6.31. The number of anilines is 1. The highest BCUT2D eigenvalue weighted by Gasteiger charge is 2.21. The Morgan fingerprint density at radius 3 is 2.86 bits per heavy atom. The Bertz CT molecular complexity index is 385. The summed E-state index contributed by atoms with van der Waals surface area (Å²) in [4.78, 5) is 12.6. The number of benzene rings is 1. The van der Waals surface area contributed by atoms with Gasteiger partial charge in [-0.15, -0.1) is 0 Å². The molecule has 0 unspecified atom stereocenters. The van der Waals surface area contributed by atoms with E-state index in [9.17, 15) is 9.18 Å². The molecule has 1 aromatic rings. The van der Waals surface area contributed by atoms with Crippen molar-refractivity contribution in [1.29, 1.82) is 0 Å². The lowest BCUT2D eigenvalue weighted by molar-refractivity contribution is 0.250. The van der Waals surface area contributed by atoms with Gasteiger partial charge in [0.15, 0.2) is 0 Å². The van der Waals surface area contributed by atoms with Crippen molar-refractivity contribution in [3.8, 4) is 0 Å². The van der Waals surface area contributed by atoms with Crippen molar-refractivity contribution in [2.75, 3.05) is 11.6 Å². The lowest BCUT2D eigenvalue weighted by Crippen LogP contribution is -2.28. The zero-order valence-corrected chi connectivity index (χ0v) is 7.81. The quantitative estimate of drug-likeness (QED) is 0.745. The van der Waals surface area contributed by atoms with Crippen LogP contribution in [-0.4, -0.2) is 12.7 Å². The Morgan fingerprint density at radius 1 is 1.50 bits per heavy atom. The summed E-state index contributed by atoms with van der Waals surface area (Å²) in [5, 5.41) is 0.00204. The Kier molecular flexibility index (Phi) is 2.26. The van der Waals surface area contributed by atoms with E-state index >= 15 is 0 Å². The zero-order chi connectivity index (χ0) is 10.1. The molecule has 0 radical (unpaired) electrons. The molecule has 74 valence electrons. The van der Waals surface area contributed by atoms with E-state index < -0.39 is 5.82 Å². The molecule has 2 amide bonds. The van der Waals surface area contributed by atoms with Gasteiger partial charge in [-0.1, -0.05) is 11.6 Å². The molecule has 0 spiro atoms. The summed E-state index contributed by atoms with van der Waals surface area (Å²) >= 11 is 5.59. The number of nitrogens with zero attached hydrogens (tertiary/aromatic N) is 1. The second-order valence-electron chi connectivity index (χ2n) is 2.79. The van der Waals surface area contributed by atoms with Gasteiger partial charge in [0.2, 0.25) is 0 Å². The Balaban J connectivity index is 2.32.